The number of likely N-dealkylation sites (tertiary alicyclic amines) is 1. The summed E-state index contributed by atoms with van der Waals surface area (Å²) in [6.45, 7) is 3.29. The van der Waals surface area contributed by atoms with Crippen LogP contribution in [0.15, 0.2) is 42.7 Å². The van der Waals surface area contributed by atoms with E-state index in [0.29, 0.717) is 19.0 Å². The molecule has 1 aromatic carbocycles. The second-order valence-electron chi connectivity index (χ2n) is 7.53. The number of fused-ring (bicyclic) bond motifs is 1. The number of carbonyl (C=O) groups excluding carboxylic acids is 2. The Bertz CT molecular complexity index is 959. The van der Waals surface area contributed by atoms with Crippen LogP contribution >= 0.6 is 11.3 Å². The molecule has 0 bridgehead atoms. The minimum atomic E-state index is -0.424. The Balaban J connectivity index is 1.31. The van der Waals surface area contributed by atoms with Crippen LogP contribution in [0.5, 0.6) is 0 Å². The Morgan fingerprint density at radius 3 is 2.69 bits per heavy atom. The topological polar surface area (TPSA) is 71.3 Å². The number of thiazole rings is 1. The van der Waals surface area contributed by atoms with Gasteiger partial charge in [-0.3, -0.25) is 14.3 Å². The molecule has 0 unspecified atom stereocenters. The zero-order chi connectivity index (χ0) is 20.4. The molecule has 0 saturated carbocycles. The quantitative estimate of drug-likeness (QED) is 0.647. The highest BCUT2D eigenvalue weighted by Crippen LogP contribution is 2.33. The average molecular weight is 412 g/mol. The minimum absolute atomic E-state index is 0.00346. The largest absolute Gasteiger partial charge is 0.341 e. The van der Waals surface area contributed by atoms with E-state index in [4.69, 9.17) is 4.98 Å². The molecule has 1 aliphatic heterocycles. The van der Waals surface area contributed by atoms with Gasteiger partial charge in [0, 0.05) is 38.4 Å². The predicted molar refractivity (Wildman–Crippen MR) is 113 cm³/mol. The summed E-state index contributed by atoms with van der Waals surface area (Å²) in [4.78, 5) is 33.4. The third-order valence-electron chi connectivity index (χ3n) is 5.54. The molecule has 0 spiro atoms. The summed E-state index contributed by atoms with van der Waals surface area (Å²) in [7, 11) is 1.67. The highest BCUT2D eigenvalue weighted by molar-refractivity contribution is 7.18. The highest BCUT2D eigenvalue weighted by Gasteiger charge is 2.28. The first-order valence-corrected chi connectivity index (χ1v) is 10.7. The van der Waals surface area contributed by atoms with Crippen molar-refractivity contribution in [3.63, 3.8) is 0 Å². The summed E-state index contributed by atoms with van der Waals surface area (Å²) in [5.41, 5.74) is 1.05. The van der Waals surface area contributed by atoms with E-state index in [2.05, 4.69) is 11.2 Å². The van der Waals surface area contributed by atoms with E-state index in [0.717, 1.165) is 18.4 Å². The highest BCUT2D eigenvalue weighted by atomic mass is 32.1. The molecule has 8 heteroatoms. The van der Waals surface area contributed by atoms with Crippen LogP contribution in [0.1, 0.15) is 36.7 Å². The molecule has 1 fully saturated rings. The SMILES string of the molecule is C[C@H](C(=O)N(C)CC(=O)N1CCC(c2nc3ccccc3s2)CC1)n1cccn1. The molecule has 0 N–H and O–H groups in total. The number of benzene rings is 1. The first-order valence-electron chi connectivity index (χ1n) is 9.90. The van der Waals surface area contributed by atoms with Crippen molar-refractivity contribution >= 4 is 33.4 Å². The van der Waals surface area contributed by atoms with Crippen LogP contribution < -0.4 is 0 Å². The van der Waals surface area contributed by atoms with Crippen LogP contribution in [0.25, 0.3) is 10.2 Å². The molecule has 2 amide bonds. The van der Waals surface area contributed by atoms with Crippen molar-refractivity contribution in [2.75, 3.05) is 26.7 Å². The van der Waals surface area contributed by atoms with Gasteiger partial charge in [0.2, 0.25) is 11.8 Å². The van der Waals surface area contributed by atoms with Gasteiger partial charge < -0.3 is 9.80 Å². The molecule has 1 atom stereocenters. The molecule has 29 heavy (non-hydrogen) atoms. The Morgan fingerprint density at radius 2 is 2.00 bits per heavy atom. The molecular weight excluding hydrogens is 386 g/mol. The number of aromatic nitrogens is 3. The number of hydrogen-bond acceptors (Lipinski definition) is 5. The maximum absolute atomic E-state index is 12.7. The van der Waals surface area contributed by atoms with Crippen LogP contribution in [0.3, 0.4) is 0 Å². The summed E-state index contributed by atoms with van der Waals surface area (Å²) in [6, 6.07) is 9.56. The van der Waals surface area contributed by atoms with Crippen molar-refractivity contribution < 1.29 is 9.59 Å². The van der Waals surface area contributed by atoms with E-state index in [1.807, 2.05) is 23.1 Å². The van der Waals surface area contributed by atoms with E-state index in [-0.39, 0.29) is 18.4 Å². The van der Waals surface area contributed by atoms with Crippen molar-refractivity contribution in [1.29, 1.82) is 0 Å². The lowest BCUT2D eigenvalue weighted by molar-refractivity contribution is -0.141. The first kappa shape index (κ1) is 19.6. The number of carbonyl (C=O) groups is 2. The summed E-state index contributed by atoms with van der Waals surface area (Å²) in [5.74, 6) is 0.276. The summed E-state index contributed by atoms with van der Waals surface area (Å²) in [5, 5.41) is 5.28. The standard InChI is InChI=1S/C21H25N5O2S/c1-15(26-11-5-10-22-26)21(28)24(2)14-19(27)25-12-8-16(9-13-25)20-23-17-6-3-4-7-18(17)29-20/h3-7,10-11,15-16H,8-9,12-14H2,1-2H3/t15-/m1/s1. The summed E-state index contributed by atoms with van der Waals surface area (Å²) >= 11 is 1.75. The number of hydrogen-bond donors (Lipinski definition) is 0. The smallest absolute Gasteiger partial charge is 0.247 e. The molecule has 152 valence electrons. The predicted octanol–water partition coefficient (Wildman–Crippen LogP) is 2.92. The molecule has 1 aliphatic rings. The van der Waals surface area contributed by atoms with Gasteiger partial charge in [0.15, 0.2) is 0 Å². The Hall–Kier alpha value is -2.74. The molecule has 0 radical (unpaired) electrons. The van der Waals surface area contributed by atoms with Gasteiger partial charge in [0.05, 0.1) is 21.8 Å². The summed E-state index contributed by atoms with van der Waals surface area (Å²) < 4.78 is 2.82. The van der Waals surface area contributed by atoms with Gasteiger partial charge in [-0.2, -0.15) is 5.10 Å². The number of rotatable bonds is 5. The zero-order valence-electron chi connectivity index (χ0n) is 16.7. The van der Waals surface area contributed by atoms with E-state index < -0.39 is 6.04 Å². The fourth-order valence-corrected chi connectivity index (χ4v) is 4.90. The van der Waals surface area contributed by atoms with Gasteiger partial charge >= 0.3 is 0 Å². The Morgan fingerprint density at radius 1 is 1.24 bits per heavy atom. The molecule has 4 rings (SSSR count). The van der Waals surface area contributed by atoms with Gasteiger partial charge in [-0.05, 0) is 38.0 Å². The van der Waals surface area contributed by atoms with E-state index in [1.165, 1.54) is 14.6 Å². The number of likely N-dealkylation sites (N-methyl/N-ethyl adjacent to an activating group) is 1. The van der Waals surface area contributed by atoms with Crippen molar-refractivity contribution in [2.24, 2.45) is 0 Å². The van der Waals surface area contributed by atoms with Gasteiger partial charge in [-0.25, -0.2) is 4.98 Å². The molecule has 3 heterocycles. The Labute approximate surface area is 173 Å². The molecule has 1 saturated heterocycles. The van der Waals surface area contributed by atoms with Crippen molar-refractivity contribution in [3.05, 3.63) is 47.7 Å². The lowest BCUT2D eigenvalue weighted by atomic mass is 9.97. The fraction of sp³-hybridized carbons (Fsp3) is 0.429. The third kappa shape index (κ3) is 4.17. The monoisotopic (exact) mass is 411 g/mol. The molecule has 2 aromatic heterocycles. The average Bonchev–Trinajstić information content (AvgIpc) is 3.42. The van der Waals surface area contributed by atoms with Crippen LogP contribution in [-0.2, 0) is 9.59 Å². The molecular formula is C21H25N5O2S. The number of para-hydroxylation sites is 1. The number of piperidine rings is 1. The van der Waals surface area contributed by atoms with Crippen LogP contribution in [-0.4, -0.2) is 63.1 Å². The number of nitrogens with zero attached hydrogens (tertiary/aromatic N) is 5. The van der Waals surface area contributed by atoms with E-state index in [9.17, 15) is 9.59 Å². The maximum atomic E-state index is 12.7. The van der Waals surface area contributed by atoms with E-state index in [1.54, 1.807) is 48.5 Å². The van der Waals surface area contributed by atoms with Crippen molar-refractivity contribution in [3.8, 4) is 0 Å². The van der Waals surface area contributed by atoms with Crippen molar-refractivity contribution in [1.82, 2.24) is 24.6 Å². The maximum Gasteiger partial charge on any atom is 0.247 e. The van der Waals surface area contributed by atoms with Crippen molar-refractivity contribution in [2.45, 2.75) is 31.7 Å². The molecule has 3 aromatic rings. The Kier molecular flexibility index (Phi) is 5.62. The van der Waals surface area contributed by atoms with Crippen LogP contribution in [0, 0.1) is 0 Å². The number of amides is 2. The van der Waals surface area contributed by atoms with Gasteiger partial charge in [-0.15, -0.1) is 11.3 Å². The minimum Gasteiger partial charge on any atom is -0.341 e. The van der Waals surface area contributed by atoms with Gasteiger partial charge in [0.1, 0.15) is 6.04 Å². The van der Waals surface area contributed by atoms with Crippen LogP contribution in [0.2, 0.25) is 0 Å². The second kappa shape index (κ2) is 8.32. The van der Waals surface area contributed by atoms with E-state index >= 15 is 0 Å². The molecule has 7 nitrogen and oxygen atoms in total. The third-order valence-corrected chi connectivity index (χ3v) is 6.73. The zero-order valence-corrected chi connectivity index (χ0v) is 17.5. The second-order valence-corrected chi connectivity index (χ2v) is 8.59. The summed E-state index contributed by atoms with van der Waals surface area (Å²) in [6.07, 6.45) is 5.22. The van der Waals surface area contributed by atoms with Gasteiger partial charge in [0.25, 0.3) is 0 Å². The lowest BCUT2D eigenvalue weighted by Crippen LogP contribution is -2.45. The van der Waals surface area contributed by atoms with Gasteiger partial charge in [-0.1, -0.05) is 12.1 Å². The first-order chi connectivity index (χ1) is 14.0. The molecule has 0 aliphatic carbocycles. The normalized spacial score (nSPS) is 16.1. The fourth-order valence-electron chi connectivity index (χ4n) is 3.76. The lowest BCUT2D eigenvalue weighted by Gasteiger charge is -2.32. The van der Waals surface area contributed by atoms with Crippen LogP contribution in [0.4, 0.5) is 0 Å².